The summed E-state index contributed by atoms with van der Waals surface area (Å²) in [6.07, 6.45) is 0. The van der Waals surface area contributed by atoms with Crippen LogP contribution in [0.15, 0.2) is 308 Å². The van der Waals surface area contributed by atoms with Crippen LogP contribution >= 0.6 is 15.9 Å². The normalized spacial score (nSPS) is 13.1. The van der Waals surface area contributed by atoms with E-state index in [0.717, 1.165) is 37.9 Å². The maximum atomic E-state index is 6.38. The molecule has 1 aliphatic heterocycles. The first-order valence-electron chi connectivity index (χ1n) is 31.9. The summed E-state index contributed by atoms with van der Waals surface area (Å²) in [4.78, 5) is 28.9. The maximum absolute atomic E-state index is 6.38. The van der Waals surface area contributed by atoms with E-state index in [1.54, 1.807) is 0 Å². The Balaban J connectivity index is 0.000000124. The monoisotopic (exact) mass is 1440 g/mol. The summed E-state index contributed by atoms with van der Waals surface area (Å²) in [6.45, 7) is 8.46. The fourth-order valence-corrected chi connectivity index (χ4v) is 18.2. The van der Waals surface area contributed by atoms with Gasteiger partial charge in [-0.15, -0.1) is 0 Å². The molecule has 1 aliphatic rings. The van der Waals surface area contributed by atoms with Gasteiger partial charge in [0.05, 0.1) is 0 Å². The van der Waals surface area contributed by atoms with Crippen molar-refractivity contribution in [1.29, 1.82) is 0 Å². The summed E-state index contributed by atoms with van der Waals surface area (Å²) in [7, 11) is -0.309. The molecular weight excluding hydrogens is 1370 g/mol. The van der Waals surface area contributed by atoms with E-state index in [9.17, 15) is 0 Å². The fraction of sp³-hybridized carbons (Fsp3) is 0.0714. The average molecular weight is 1440 g/mol. The van der Waals surface area contributed by atoms with Crippen LogP contribution in [0.4, 0.5) is 0 Å². The Kier molecular flexibility index (Phi) is 17.6. The SMILES string of the molecule is Brc1cccc(-c2nc(-c3ccccc3)nc(-c3ccccc3)n2)c1.CC1(C)OB(c2cccc3c2[se]c2c(-c4ccccc4)cccc23)OC1(C)C.c1ccc(-c2nc(-c3ccccc3)nc(-c3cccc(-c4cccc5c4[se]c4c(-c6ccccc6)cccc45)c3)n2)cc1. The summed E-state index contributed by atoms with van der Waals surface area (Å²) < 4.78 is 19.5. The minimum absolute atomic E-state index is 0.178. The van der Waals surface area contributed by atoms with Gasteiger partial charge in [0, 0.05) is 21.2 Å². The molecule has 0 bridgehead atoms. The minimum atomic E-state index is -0.325. The Bertz CT molecular complexity index is 5320. The van der Waals surface area contributed by atoms with Crippen molar-refractivity contribution in [2.45, 2.75) is 38.9 Å². The van der Waals surface area contributed by atoms with Gasteiger partial charge in [-0.2, -0.15) is 0 Å². The van der Waals surface area contributed by atoms with Crippen molar-refractivity contribution in [2.24, 2.45) is 0 Å². The third kappa shape index (κ3) is 12.8. The molecule has 96 heavy (non-hydrogen) atoms. The molecular formula is C84H62BBrN6O2Se2. The van der Waals surface area contributed by atoms with Crippen molar-refractivity contribution in [3.8, 4) is 102 Å². The zero-order valence-corrected chi connectivity index (χ0v) is 58.2. The first-order chi connectivity index (χ1) is 47.0. The van der Waals surface area contributed by atoms with Gasteiger partial charge in [0.25, 0.3) is 0 Å². The van der Waals surface area contributed by atoms with Crippen molar-refractivity contribution < 1.29 is 9.31 Å². The standard InChI is InChI=1S/C39H25N3Se.C24H23BO2Se.C21H14BrN3/c1-4-13-26(14-5-1)31-21-11-23-33-34-24-12-22-32(36(34)43-35(31)33)29-19-10-20-30(25-29)39-41-37(27-15-6-2-7-16-27)40-38(42-39)28-17-8-3-9-18-28;1-23(2)24(3,4)27-25(26-23)20-15-9-14-19-18-13-8-12-17(21(18)28-22(19)20)16-10-6-5-7-11-16;22-18-13-7-12-17(14-18)21-24-19(15-8-3-1-4-9-15)23-20(25-21)16-10-5-2-6-11-16/h1-25H;5-15H,1-4H3;1-14H. The van der Waals surface area contributed by atoms with Gasteiger partial charge in [-0.1, -0.05) is 88.7 Å². The third-order valence-corrected chi connectivity index (χ3v) is 23.6. The van der Waals surface area contributed by atoms with Gasteiger partial charge in [-0.05, 0) is 12.1 Å². The van der Waals surface area contributed by atoms with Crippen LogP contribution in [-0.2, 0) is 9.31 Å². The summed E-state index contributed by atoms with van der Waals surface area (Å²) >= 11 is 3.91. The molecule has 0 saturated carbocycles. The molecule has 1 saturated heterocycles. The first kappa shape index (κ1) is 62.3. The molecule has 17 rings (SSSR count). The van der Waals surface area contributed by atoms with Gasteiger partial charge in [-0.25, -0.2) is 15.0 Å². The van der Waals surface area contributed by atoms with Gasteiger partial charge >= 0.3 is 429 Å². The van der Waals surface area contributed by atoms with Crippen molar-refractivity contribution in [1.82, 2.24) is 29.9 Å². The zero-order chi connectivity index (χ0) is 65.2. The van der Waals surface area contributed by atoms with Gasteiger partial charge in [0.2, 0.25) is 0 Å². The Morgan fingerprint density at radius 1 is 0.271 bits per heavy atom. The van der Waals surface area contributed by atoms with Gasteiger partial charge in [0.15, 0.2) is 17.5 Å². The second-order valence-corrected chi connectivity index (χ2v) is 29.7. The number of aromatic nitrogens is 6. The molecule has 0 unspecified atom stereocenters. The molecule has 462 valence electrons. The third-order valence-electron chi connectivity index (χ3n) is 17.7. The van der Waals surface area contributed by atoms with Crippen LogP contribution in [0.1, 0.15) is 27.7 Å². The van der Waals surface area contributed by atoms with E-state index in [0.29, 0.717) is 34.9 Å². The quantitative estimate of drug-likeness (QED) is 0.125. The fourth-order valence-electron chi connectivity index (χ4n) is 12.1. The summed E-state index contributed by atoms with van der Waals surface area (Å²) in [5, 5.41) is 5.38. The molecule has 5 heterocycles. The van der Waals surface area contributed by atoms with E-state index < -0.39 is 0 Å². The van der Waals surface area contributed by atoms with E-state index in [-0.39, 0.29) is 47.3 Å². The second-order valence-electron chi connectivity index (χ2n) is 24.5. The van der Waals surface area contributed by atoms with Crippen molar-refractivity contribution in [2.75, 3.05) is 0 Å². The number of halogens is 1. The van der Waals surface area contributed by atoms with E-state index in [4.69, 9.17) is 34.2 Å². The second kappa shape index (κ2) is 27.1. The number of hydrogen-bond donors (Lipinski definition) is 0. The van der Waals surface area contributed by atoms with Gasteiger partial charge < -0.3 is 0 Å². The van der Waals surface area contributed by atoms with Crippen LogP contribution in [0, 0.1) is 0 Å². The predicted octanol–water partition coefficient (Wildman–Crippen LogP) is 20.2. The molecule has 0 N–H and O–H groups in total. The molecule has 0 spiro atoms. The molecule has 0 radical (unpaired) electrons. The molecule has 8 nitrogen and oxygen atoms in total. The van der Waals surface area contributed by atoms with Crippen molar-refractivity contribution in [3.63, 3.8) is 0 Å². The molecule has 1 fully saturated rings. The number of nitrogens with zero attached hydrogens (tertiary/aromatic N) is 6. The van der Waals surface area contributed by atoms with Gasteiger partial charge in [-0.3, -0.25) is 0 Å². The molecule has 12 heteroatoms. The summed E-state index contributed by atoms with van der Waals surface area (Å²) in [5.74, 6) is 4.01. The number of rotatable bonds is 10. The number of fused-ring (bicyclic) bond motifs is 6. The first-order valence-corrected chi connectivity index (χ1v) is 36.2. The Morgan fingerprint density at radius 3 is 0.917 bits per heavy atom. The zero-order valence-electron chi connectivity index (χ0n) is 53.1. The molecule has 0 aliphatic carbocycles. The predicted molar refractivity (Wildman–Crippen MR) is 402 cm³/mol. The number of benzene rings is 12. The van der Waals surface area contributed by atoms with E-state index >= 15 is 0 Å². The van der Waals surface area contributed by atoms with Gasteiger partial charge in [0.1, 0.15) is 0 Å². The topological polar surface area (TPSA) is 95.8 Å². The van der Waals surface area contributed by atoms with E-state index in [1.165, 1.54) is 77.4 Å². The Morgan fingerprint density at radius 2 is 0.542 bits per heavy atom. The van der Waals surface area contributed by atoms with Crippen LogP contribution in [0.3, 0.4) is 0 Å². The van der Waals surface area contributed by atoms with Crippen molar-refractivity contribution >= 4 is 96.1 Å². The molecule has 4 aromatic heterocycles. The van der Waals surface area contributed by atoms with Crippen molar-refractivity contribution in [3.05, 3.63) is 308 Å². The number of hydrogen-bond acceptors (Lipinski definition) is 8. The van der Waals surface area contributed by atoms with Crippen LogP contribution in [0.2, 0.25) is 0 Å². The molecule has 16 aromatic rings. The average Bonchev–Trinajstić information content (AvgIpc) is 1.60. The van der Waals surface area contributed by atoms with E-state index in [1.807, 2.05) is 146 Å². The van der Waals surface area contributed by atoms with Crippen LogP contribution in [-0.4, -0.2) is 77.2 Å². The van der Waals surface area contributed by atoms with Crippen LogP contribution < -0.4 is 5.46 Å². The summed E-state index contributed by atoms with van der Waals surface area (Å²) in [5.41, 5.74) is 14.0. The molecule has 12 aromatic carbocycles. The van der Waals surface area contributed by atoms with E-state index in [2.05, 4.69) is 206 Å². The summed E-state index contributed by atoms with van der Waals surface area (Å²) in [6, 6.07) is 105. The van der Waals surface area contributed by atoms with Crippen LogP contribution in [0.25, 0.3) is 140 Å². The molecule has 0 amide bonds. The Hall–Kier alpha value is -9.84. The molecule has 0 atom stereocenters. The van der Waals surface area contributed by atoms with Crippen LogP contribution in [0.5, 0.6) is 0 Å². The Labute approximate surface area is 579 Å².